The van der Waals surface area contributed by atoms with Gasteiger partial charge in [0.1, 0.15) is 6.33 Å². The van der Waals surface area contributed by atoms with Crippen LogP contribution in [0.3, 0.4) is 0 Å². The first-order valence-electron chi connectivity index (χ1n) is 9.38. The second kappa shape index (κ2) is 7.81. The van der Waals surface area contributed by atoms with Crippen molar-refractivity contribution in [3.63, 3.8) is 0 Å². The number of imidazole rings is 1. The summed E-state index contributed by atoms with van der Waals surface area (Å²) in [6.45, 7) is 3.06. The summed E-state index contributed by atoms with van der Waals surface area (Å²) >= 11 is 5.15. The highest BCUT2D eigenvalue weighted by molar-refractivity contribution is 9.10. The Morgan fingerprint density at radius 1 is 1.17 bits per heavy atom. The molecule has 2 aromatic carbocycles. The maximum absolute atomic E-state index is 6.08. The smallest absolute Gasteiger partial charge is 0.231 e. The van der Waals surface area contributed by atoms with Gasteiger partial charge in [-0.15, -0.1) is 0 Å². The van der Waals surface area contributed by atoms with Crippen molar-refractivity contribution in [2.75, 3.05) is 12.5 Å². The summed E-state index contributed by atoms with van der Waals surface area (Å²) in [7, 11) is 0. The zero-order valence-corrected chi connectivity index (χ0v) is 18.5. The fourth-order valence-corrected chi connectivity index (χ4v) is 4.91. The molecule has 0 saturated heterocycles. The highest BCUT2D eigenvalue weighted by Crippen LogP contribution is 2.43. The van der Waals surface area contributed by atoms with Crippen LogP contribution in [-0.4, -0.2) is 26.3 Å². The van der Waals surface area contributed by atoms with Gasteiger partial charge in [-0.2, -0.15) is 0 Å². The van der Waals surface area contributed by atoms with Crippen molar-refractivity contribution in [3.05, 3.63) is 58.3 Å². The van der Waals surface area contributed by atoms with Crippen LogP contribution in [-0.2, 0) is 13.0 Å². The molecule has 30 heavy (non-hydrogen) atoms. The summed E-state index contributed by atoms with van der Waals surface area (Å²) < 4.78 is 14.0. The van der Waals surface area contributed by atoms with E-state index in [0.29, 0.717) is 11.3 Å². The first kappa shape index (κ1) is 19.2. The van der Waals surface area contributed by atoms with Crippen LogP contribution in [0.25, 0.3) is 11.2 Å². The molecule has 1 aliphatic heterocycles. The van der Waals surface area contributed by atoms with E-state index in [1.165, 1.54) is 29.2 Å². The Kier molecular flexibility index (Phi) is 5.00. The number of aryl methyl sites for hydroxylation is 3. The molecule has 0 fully saturated rings. The number of halogens is 1. The molecule has 0 unspecified atom stereocenters. The van der Waals surface area contributed by atoms with Crippen molar-refractivity contribution in [1.29, 1.82) is 0 Å². The quantitative estimate of drug-likeness (QED) is 0.443. The molecule has 1 aliphatic rings. The van der Waals surface area contributed by atoms with Gasteiger partial charge in [0.25, 0.3) is 0 Å². The molecule has 3 heterocycles. The van der Waals surface area contributed by atoms with Gasteiger partial charge in [0, 0.05) is 15.9 Å². The van der Waals surface area contributed by atoms with Gasteiger partial charge in [0.2, 0.25) is 6.79 Å². The molecule has 0 bridgehead atoms. The van der Waals surface area contributed by atoms with Gasteiger partial charge in [-0.3, -0.25) is 0 Å². The van der Waals surface area contributed by atoms with E-state index in [4.69, 9.17) is 20.2 Å². The molecule has 0 radical (unpaired) electrons. The zero-order valence-electron chi connectivity index (χ0n) is 16.1. The van der Waals surface area contributed by atoms with Gasteiger partial charge in [-0.1, -0.05) is 41.6 Å². The summed E-state index contributed by atoms with van der Waals surface area (Å²) in [5.74, 6) is 1.83. The standard InChI is InChI=1S/C21H18BrN5O2S/c1-12-3-2-4-13(7-12)5-6-27-20-18(19(23)24-10-25-20)26-21(27)30-17-9-16-15(8-14(17)22)28-11-29-16/h2-4,7-10H,5-6,11H2,1H3,(H2,23,24,25). The van der Waals surface area contributed by atoms with Crippen LogP contribution in [0.1, 0.15) is 11.1 Å². The van der Waals surface area contributed by atoms with E-state index >= 15 is 0 Å². The molecule has 0 saturated carbocycles. The maximum Gasteiger partial charge on any atom is 0.231 e. The van der Waals surface area contributed by atoms with E-state index in [-0.39, 0.29) is 6.79 Å². The molecule has 0 amide bonds. The van der Waals surface area contributed by atoms with Crippen molar-refractivity contribution in [2.45, 2.75) is 29.9 Å². The Balaban J connectivity index is 1.53. The number of rotatable bonds is 5. The van der Waals surface area contributed by atoms with Gasteiger partial charge >= 0.3 is 0 Å². The Bertz CT molecular complexity index is 1260. The fourth-order valence-electron chi connectivity index (χ4n) is 3.40. The zero-order chi connectivity index (χ0) is 20.7. The number of hydrogen-bond donors (Lipinski definition) is 1. The second-order valence-electron chi connectivity index (χ2n) is 6.95. The summed E-state index contributed by atoms with van der Waals surface area (Å²) in [6.07, 6.45) is 2.33. The monoisotopic (exact) mass is 483 g/mol. The number of ether oxygens (including phenoxy) is 2. The van der Waals surface area contributed by atoms with Crippen LogP contribution in [0, 0.1) is 6.92 Å². The van der Waals surface area contributed by atoms with Crippen molar-refractivity contribution >= 4 is 44.7 Å². The largest absolute Gasteiger partial charge is 0.454 e. The van der Waals surface area contributed by atoms with Crippen LogP contribution < -0.4 is 15.2 Å². The van der Waals surface area contributed by atoms with Gasteiger partial charge in [-0.25, -0.2) is 15.0 Å². The highest BCUT2D eigenvalue weighted by atomic mass is 79.9. The first-order chi connectivity index (χ1) is 14.6. The molecule has 0 aliphatic carbocycles. The minimum absolute atomic E-state index is 0.233. The lowest BCUT2D eigenvalue weighted by molar-refractivity contribution is 0.174. The number of fused-ring (bicyclic) bond motifs is 2. The lowest BCUT2D eigenvalue weighted by Gasteiger charge is -2.10. The molecule has 9 heteroatoms. The third kappa shape index (κ3) is 3.59. The molecule has 2 aromatic heterocycles. The van der Waals surface area contributed by atoms with E-state index in [1.54, 1.807) is 0 Å². The summed E-state index contributed by atoms with van der Waals surface area (Å²) in [5, 5.41) is 0.796. The second-order valence-corrected chi connectivity index (χ2v) is 8.82. The molecular formula is C21H18BrN5O2S. The topological polar surface area (TPSA) is 88.1 Å². The number of anilines is 1. The molecule has 4 aromatic rings. The third-order valence-corrected chi connectivity index (χ3v) is 6.83. The van der Waals surface area contributed by atoms with Crippen LogP contribution in [0.2, 0.25) is 0 Å². The van der Waals surface area contributed by atoms with Crippen LogP contribution in [0.4, 0.5) is 5.82 Å². The van der Waals surface area contributed by atoms with Crippen molar-refractivity contribution in [3.8, 4) is 11.5 Å². The number of nitrogens with zero attached hydrogens (tertiary/aromatic N) is 4. The average Bonchev–Trinajstić information content (AvgIpc) is 3.31. The predicted octanol–water partition coefficient (Wildman–Crippen LogP) is 4.60. The Hall–Kier alpha value is -2.78. The Labute approximate surface area is 185 Å². The van der Waals surface area contributed by atoms with Crippen molar-refractivity contribution in [1.82, 2.24) is 19.5 Å². The fraction of sp³-hybridized carbons (Fsp3) is 0.190. The van der Waals surface area contributed by atoms with Gasteiger partial charge in [0.05, 0.1) is 0 Å². The van der Waals surface area contributed by atoms with Crippen molar-refractivity contribution < 1.29 is 9.47 Å². The number of nitrogen functional groups attached to an aromatic ring is 1. The van der Waals surface area contributed by atoms with E-state index in [9.17, 15) is 0 Å². The molecule has 0 spiro atoms. The van der Waals surface area contributed by atoms with Gasteiger partial charge in [-0.05, 0) is 47.0 Å². The number of hydrogen-bond acceptors (Lipinski definition) is 7. The molecular weight excluding hydrogens is 466 g/mol. The average molecular weight is 484 g/mol. The van der Waals surface area contributed by atoms with E-state index in [2.05, 4.69) is 61.7 Å². The summed E-state index contributed by atoms with van der Waals surface area (Å²) in [5.41, 5.74) is 9.93. The number of nitrogens with two attached hydrogens (primary N) is 1. The van der Waals surface area contributed by atoms with E-state index in [1.807, 2.05) is 12.1 Å². The molecule has 7 nitrogen and oxygen atoms in total. The lowest BCUT2D eigenvalue weighted by Crippen LogP contribution is -2.04. The summed E-state index contributed by atoms with van der Waals surface area (Å²) in [6, 6.07) is 12.4. The van der Waals surface area contributed by atoms with Gasteiger partial charge in [0.15, 0.2) is 33.6 Å². The van der Waals surface area contributed by atoms with Crippen LogP contribution in [0.15, 0.2) is 57.3 Å². The molecule has 0 atom stereocenters. The maximum atomic E-state index is 6.08. The molecule has 152 valence electrons. The molecule has 5 rings (SSSR count). The Morgan fingerprint density at radius 3 is 2.83 bits per heavy atom. The van der Waals surface area contributed by atoms with Crippen LogP contribution >= 0.6 is 27.7 Å². The number of benzene rings is 2. The highest BCUT2D eigenvalue weighted by Gasteiger charge is 2.20. The van der Waals surface area contributed by atoms with Crippen LogP contribution in [0.5, 0.6) is 11.5 Å². The summed E-state index contributed by atoms with van der Waals surface area (Å²) in [4.78, 5) is 14.3. The van der Waals surface area contributed by atoms with E-state index < -0.39 is 0 Å². The molecule has 2 N–H and O–H groups in total. The minimum atomic E-state index is 0.233. The first-order valence-corrected chi connectivity index (χ1v) is 11.0. The third-order valence-electron chi connectivity index (χ3n) is 4.86. The minimum Gasteiger partial charge on any atom is -0.454 e. The van der Waals surface area contributed by atoms with Crippen molar-refractivity contribution in [2.24, 2.45) is 0 Å². The van der Waals surface area contributed by atoms with Gasteiger partial charge < -0.3 is 19.8 Å². The predicted molar refractivity (Wildman–Crippen MR) is 119 cm³/mol. The number of aromatic nitrogens is 4. The Morgan fingerprint density at radius 2 is 2.00 bits per heavy atom. The lowest BCUT2D eigenvalue weighted by atomic mass is 10.1. The van der Waals surface area contributed by atoms with E-state index in [0.717, 1.165) is 44.6 Å². The normalized spacial score (nSPS) is 12.6. The SMILES string of the molecule is Cc1cccc(CCn2c(Sc3cc4c(cc3Br)OCO4)nc3c(N)ncnc32)c1.